The highest BCUT2D eigenvalue weighted by Gasteiger charge is 2.24. The lowest BCUT2D eigenvalue weighted by Crippen LogP contribution is -2.50. The highest BCUT2D eigenvalue weighted by molar-refractivity contribution is 7.99. The van der Waals surface area contributed by atoms with E-state index in [1.165, 1.54) is 6.92 Å². The van der Waals surface area contributed by atoms with Gasteiger partial charge in [0.2, 0.25) is 11.8 Å². The molecule has 28 heavy (non-hydrogen) atoms. The molecule has 0 aliphatic rings. The summed E-state index contributed by atoms with van der Waals surface area (Å²) in [5, 5.41) is 22.1. The van der Waals surface area contributed by atoms with Gasteiger partial charge in [-0.25, -0.2) is 0 Å². The van der Waals surface area contributed by atoms with Gasteiger partial charge in [-0.3, -0.25) is 19.2 Å². The molecule has 3 atom stereocenters. The van der Waals surface area contributed by atoms with Gasteiger partial charge in [0.1, 0.15) is 12.1 Å². The molecular formula is C18H32N2O6S2. The van der Waals surface area contributed by atoms with E-state index in [1.54, 1.807) is 0 Å². The van der Waals surface area contributed by atoms with E-state index in [-0.39, 0.29) is 23.8 Å². The zero-order chi connectivity index (χ0) is 26.5. The summed E-state index contributed by atoms with van der Waals surface area (Å²) in [5.74, 6) is -3.50. The predicted octanol–water partition coefficient (Wildman–Crippen LogP) is 1.97. The lowest BCUT2D eigenvalue weighted by atomic mass is 10.1. The Morgan fingerprint density at radius 1 is 1.00 bits per heavy atom. The van der Waals surface area contributed by atoms with Gasteiger partial charge in [-0.05, 0) is 50.7 Å². The van der Waals surface area contributed by atoms with Crippen molar-refractivity contribution in [2.24, 2.45) is 0 Å². The SMILES string of the molecule is [2H]C([2H])([2H])SCCC(CCCCC(=O)N[C@@H](CCC(=O)O)C(=O)N[C@@H](C)C(=O)O)SC([2H])([2H])[2H]. The first-order chi connectivity index (χ1) is 15.5. The zero-order valence-electron chi connectivity index (χ0n) is 21.7. The summed E-state index contributed by atoms with van der Waals surface area (Å²) in [7, 11) is 0. The van der Waals surface area contributed by atoms with Crippen molar-refractivity contribution in [1.82, 2.24) is 10.6 Å². The van der Waals surface area contributed by atoms with E-state index < -0.39 is 54.6 Å². The maximum absolute atomic E-state index is 12.3. The Balaban J connectivity index is 4.71. The number of carbonyl (C=O) groups is 4. The van der Waals surface area contributed by atoms with E-state index in [0.29, 0.717) is 25.7 Å². The number of carboxylic acid groups (broad SMARTS) is 2. The zero-order valence-corrected chi connectivity index (χ0v) is 17.4. The molecule has 2 amide bonds. The highest BCUT2D eigenvalue weighted by Crippen LogP contribution is 2.20. The summed E-state index contributed by atoms with van der Waals surface area (Å²) in [6.07, 6.45) is -3.30. The number of hydrogen-bond acceptors (Lipinski definition) is 6. The Labute approximate surface area is 183 Å². The Kier molecular flexibility index (Phi) is 9.65. The van der Waals surface area contributed by atoms with E-state index in [4.69, 9.17) is 18.4 Å². The van der Waals surface area contributed by atoms with E-state index in [9.17, 15) is 19.2 Å². The van der Waals surface area contributed by atoms with E-state index in [2.05, 4.69) is 10.6 Å². The standard InChI is InChI=1S/C18H32N2O6S2/c1-12(18(25)26)19-17(24)14(8-9-16(22)23)20-15(21)7-5-4-6-13(28-3)10-11-27-2/h12-14H,4-11H2,1-3H3,(H,19,24)(H,20,21)(H,22,23)(H,25,26)/t12-,13?,14-/m0/s1/i2D3,3D3. The fourth-order valence-corrected chi connectivity index (χ4v) is 3.36. The average Bonchev–Trinajstić information content (AvgIpc) is 2.65. The van der Waals surface area contributed by atoms with Crippen LogP contribution >= 0.6 is 23.5 Å². The molecule has 10 heteroatoms. The molecule has 0 spiro atoms. The molecule has 0 fully saturated rings. The van der Waals surface area contributed by atoms with Crippen molar-refractivity contribution >= 4 is 47.3 Å². The van der Waals surface area contributed by atoms with Crippen molar-refractivity contribution in [1.29, 1.82) is 0 Å². The van der Waals surface area contributed by atoms with Crippen LogP contribution in [0.2, 0.25) is 0 Å². The van der Waals surface area contributed by atoms with Crippen LogP contribution in [0.1, 0.15) is 60.1 Å². The summed E-state index contributed by atoms with van der Waals surface area (Å²) < 4.78 is 43.9. The van der Waals surface area contributed by atoms with Gasteiger partial charge < -0.3 is 20.8 Å². The van der Waals surface area contributed by atoms with Crippen molar-refractivity contribution in [3.05, 3.63) is 0 Å². The molecule has 0 saturated carbocycles. The summed E-state index contributed by atoms with van der Waals surface area (Å²) in [6.45, 7) is 1.24. The molecule has 0 bridgehead atoms. The Bertz CT molecular complexity index is 693. The van der Waals surface area contributed by atoms with Crippen LogP contribution in [-0.4, -0.2) is 69.4 Å². The van der Waals surface area contributed by atoms with Crippen LogP contribution in [0.3, 0.4) is 0 Å². The number of amides is 2. The summed E-state index contributed by atoms with van der Waals surface area (Å²) in [4.78, 5) is 46.3. The van der Waals surface area contributed by atoms with Crippen LogP contribution in [0.15, 0.2) is 0 Å². The molecule has 0 aliphatic heterocycles. The average molecular weight is 443 g/mol. The number of rotatable bonds is 16. The molecule has 0 heterocycles. The van der Waals surface area contributed by atoms with Gasteiger partial charge in [0.05, 0.1) is 0 Å². The molecule has 0 aromatic heterocycles. The Morgan fingerprint density at radius 2 is 1.75 bits per heavy atom. The van der Waals surface area contributed by atoms with Gasteiger partial charge in [0, 0.05) is 26.3 Å². The molecule has 0 aromatic rings. The maximum Gasteiger partial charge on any atom is 0.325 e. The number of unbranched alkanes of at least 4 members (excludes halogenated alkanes) is 1. The second-order valence-corrected chi connectivity index (χ2v) is 7.84. The largest absolute Gasteiger partial charge is 0.481 e. The minimum atomic E-state index is -2.23. The van der Waals surface area contributed by atoms with Gasteiger partial charge in [0.15, 0.2) is 0 Å². The highest BCUT2D eigenvalue weighted by atomic mass is 32.2. The van der Waals surface area contributed by atoms with Crippen LogP contribution in [0.4, 0.5) is 0 Å². The van der Waals surface area contributed by atoms with Gasteiger partial charge in [-0.15, -0.1) is 0 Å². The molecule has 0 radical (unpaired) electrons. The summed E-state index contributed by atoms with van der Waals surface area (Å²) >= 11 is 1.57. The summed E-state index contributed by atoms with van der Waals surface area (Å²) in [6, 6.07) is -2.42. The Hall–Kier alpha value is -1.42. The van der Waals surface area contributed by atoms with Crippen molar-refractivity contribution in [3.8, 4) is 0 Å². The molecule has 0 saturated heterocycles. The predicted molar refractivity (Wildman–Crippen MR) is 113 cm³/mol. The van der Waals surface area contributed by atoms with E-state index in [1.807, 2.05) is 0 Å². The number of carbonyl (C=O) groups excluding carboxylic acids is 2. The quantitative estimate of drug-likeness (QED) is 0.267. The molecule has 0 aromatic carbocycles. The molecule has 4 N–H and O–H groups in total. The number of thioether (sulfide) groups is 2. The Morgan fingerprint density at radius 3 is 2.36 bits per heavy atom. The monoisotopic (exact) mass is 442 g/mol. The van der Waals surface area contributed by atoms with Gasteiger partial charge in [0.25, 0.3) is 0 Å². The maximum atomic E-state index is 12.3. The third-order valence-corrected chi connectivity index (χ3v) is 5.16. The van der Waals surface area contributed by atoms with Crippen LogP contribution in [0.5, 0.6) is 0 Å². The third-order valence-electron chi connectivity index (χ3n) is 3.92. The van der Waals surface area contributed by atoms with Gasteiger partial charge in [-0.1, -0.05) is 6.42 Å². The van der Waals surface area contributed by atoms with Gasteiger partial charge >= 0.3 is 11.9 Å². The minimum absolute atomic E-state index is 0.000507. The first kappa shape index (κ1) is 17.4. The second-order valence-electron chi connectivity index (χ2n) is 6.24. The normalized spacial score (nSPS) is 18.0. The molecule has 0 rings (SSSR count). The van der Waals surface area contributed by atoms with E-state index >= 15 is 0 Å². The van der Waals surface area contributed by atoms with Crippen molar-refractivity contribution in [2.75, 3.05) is 18.1 Å². The minimum Gasteiger partial charge on any atom is -0.481 e. The number of nitrogens with one attached hydrogen (secondary N) is 2. The summed E-state index contributed by atoms with van der Waals surface area (Å²) in [5.41, 5.74) is 0. The van der Waals surface area contributed by atoms with Crippen LogP contribution < -0.4 is 10.6 Å². The molecule has 0 aliphatic carbocycles. The first-order valence-corrected chi connectivity index (χ1v) is 10.7. The fraction of sp³-hybridized carbons (Fsp3) is 0.778. The van der Waals surface area contributed by atoms with Crippen molar-refractivity contribution in [2.45, 2.75) is 69.2 Å². The molecular weight excluding hydrogens is 404 g/mol. The molecule has 1 unspecified atom stereocenters. The second kappa shape index (κ2) is 15.5. The van der Waals surface area contributed by atoms with Crippen LogP contribution in [0.25, 0.3) is 0 Å². The molecule has 162 valence electrons. The van der Waals surface area contributed by atoms with Crippen LogP contribution in [0, 0.1) is 0 Å². The fourth-order valence-electron chi connectivity index (χ4n) is 2.29. The third kappa shape index (κ3) is 12.9. The lowest BCUT2D eigenvalue weighted by Gasteiger charge is -2.19. The lowest BCUT2D eigenvalue weighted by molar-refractivity contribution is -0.142. The number of hydrogen-bond donors (Lipinski definition) is 4. The van der Waals surface area contributed by atoms with E-state index in [0.717, 1.165) is 23.5 Å². The van der Waals surface area contributed by atoms with Gasteiger partial charge in [-0.2, -0.15) is 23.5 Å². The van der Waals surface area contributed by atoms with Crippen LogP contribution in [-0.2, 0) is 19.2 Å². The number of aliphatic carboxylic acids is 2. The van der Waals surface area contributed by atoms with Crippen molar-refractivity contribution < 1.29 is 37.6 Å². The number of carboxylic acids is 2. The molecule has 8 nitrogen and oxygen atoms in total. The first-order valence-electron chi connectivity index (χ1n) is 11.9. The smallest absolute Gasteiger partial charge is 0.325 e. The topological polar surface area (TPSA) is 133 Å². The van der Waals surface area contributed by atoms with Crippen molar-refractivity contribution in [3.63, 3.8) is 0 Å².